The first-order chi connectivity index (χ1) is 12.7. The van der Waals surface area contributed by atoms with Crippen LogP contribution in [0, 0.1) is 31.5 Å². The molecule has 1 aromatic heterocycles. The standard InChI is InChI=1S/C17H12F2N.C5H8O2.Ir/c1-10-5-11(2)7-13(6-10)16-4-3-12-8-14(18)15(19)9-17(12)20-16;1-4(6)3-5(2)7;/h3-6,8-9H,1-2H3;3,6H,1-2H3;/q-1;;/b;4-3-;. The Kier molecular flexibility index (Phi) is 8.61. The summed E-state index contributed by atoms with van der Waals surface area (Å²) in [5.41, 5.74) is 4.13. The van der Waals surface area contributed by atoms with Crippen LogP contribution in [-0.4, -0.2) is 15.9 Å². The van der Waals surface area contributed by atoms with Crippen LogP contribution in [0.25, 0.3) is 22.2 Å². The van der Waals surface area contributed by atoms with E-state index in [2.05, 4.69) is 11.1 Å². The number of aliphatic hydroxyl groups excluding tert-OH is 1. The molecule has 1 radical (unpaired) electrons. The van der Waals surface area contributed by atoms with Gasteiger partial charge >= 0.3 is 0 Å². The van der Waals surface area contributed by atoms with E-state index in [-0.39, 0.29) is 31.6 Å². The van der Waals surface area contributed by atoms with Crippen molar-refractivity contribution < 1.29 is 38.8 Å². The SMILES string of the molecule is CC(=O)/C=C(/C)O.Cc1[c-]c(-c2ccc3cc(F)c(F)cc3n2)cc(C)c1.[Ir]. The van der Waals surface area contributed by atoms with Gasteiger partial charge in [0.05, 0.1) is 11.3 Å². The zero-order valence-corrected chi connectivity index (χ0v) is 18.3. The molecule has 0 aliphatic carbocycles. The Morgan fingerprint density at radius 2 is 1.71 bits per heavy atom. The number of hydrogen-bond donors (Lipinski definition) is 1. The fourth-order valence-corrected chi connectivity index (χ4v) is 2.60. The van der Waals surface area contributed by atoms with E-state index in [1.54, 1.807) is 12.1 Å². The molecule has 0 aliphatic rings. The summed E-state index contributed by atoms with van der Waals surface area (Å²) in [4.78, 5) is 14.4. The Bertz CT molecular complexity index is 1010. The molecule has 1 heterocycles. The van der Waals surface area contributed by atoms with Crippen LogP contribution in [0.5, 0.6) is 0 Å². The molecule has 149 valence electrons. The number of pyridine rings is 1. The number of rotatable bonds is 2. The van der Waals surface area contributed by atoms with E-state index < -0.39 is 11.6 Å². The molecule has 1 N–H and O–H groups in total. The van der Waals surface area contributed by atoms with Gasteiger partial charge in [-0.3, -0.25) is 9.78 Å². The molecular weight excluding hydrogens is 540 g/mol. The van der Waals surface area contributed by atoms with E-state index in [0.717, 1.165) is 28.8 Å². The van der Waals surface area contributed by atoms with E-state index in [1.807, 2.05) is 26.0 Å². The minimum atomic E-state index is -0.883. The topological polar surface area (TPSA) is 50.2 Å². The maximum atomic E-state index is 13.3. The van der Waals surface area contributed by atoms with Crippen molar-refractivity contribution in [1.82, 2.24) is 4.98 Å². The molecule has 0 saturated heterocycles. The van der Waals surface area contributed by atoms with Crippen molar-refractivity contribution in [2.75, 3.05) is 0 Å². The van der Waals surface area contributed by atoms with Crippen molar-refractivity contribution in [3.8, 4) is 11.3 Å². The minimum absolute atomic E-state index is 0. The van der Waals surface area contributed by atoms with Crippen molar-refractivity contribution in [2.24, 2.45) is 0 Å². The number of carbonyl (C=O) groups is 1. The van der Waals surface area contributed by atoms with Crippen LogP contribution >= 0.6 is 0 Å². The molecular formula is C22H20F2IrNO2-. The van der Waals surface area contributed by atoms with Crippen LogP contribution in [0.15, 0.2) is 48.2 Å². The largest absolute Gasteiger partial charge is 0.512 e. The molecule has 28 heavy (non-hydrogen) atoms. The third-order valence-electron chi connectivity index (χ3n) is 3.57. The Balaban J connectivity index is 0.000000425. The van der Waals surface area contributed by atoms with E-state index in [4.69, 9.17) is 5.11 Å². The van der Waals surface area contributed by atoms with Gasteiger partial charge < -0.3 is 5.11 Å². The van der Waals surface area contributed by atoms with E-state index >= 15 is 0 Å². The van der Waals surface area contributed by atoms with E-state index in [0.29, 0.717) is 16.6 Å². The third kappa shape index (κ3) is 6.63. The van der Waals surface area contributed by atoms with Gasteiger partial charge in [0.15, 0.2) is 17.4 Å². The molecule has 0 spiro atoms. The molecule has 6 heteroatoms. The zero-order chi connectivity index (χ0) is 20.1. The monoisotopic (exact) mass is 561 g/mol. The normalized spacial score (nSPS) is 10.7. The summed E-state index contributed by atoms with van der Waals surface area (Å²) < 4.78 is 26.5. The average Bonchev–Trinajstić information content (AvgIpc) is 2.54. The first kappa shape index (κ1) is 23.6. The summed E-state index contributed by atoms with van der Waals surface area (Å²) >= 11 is 0. The molecule has 0 aliphatic heterocycles. The number of fused-ring (bicyclic) bond motifs is 1. The molecule has 0 saturated carbocycles. The van der Waals surface area contributed by atoms with Crippen LogP contribution in [0.2, 0.25) is 0 Å². The van der Waals surface area contributed by atoms with Gasteiger partial charge in [-0.15, -0.1) is 34.9 Å². The van der Waals surface area contributed by atoms with Crippen LogP contribution < -0.4 is 0 Å². The summed E-state index contributed by atoms with van der Waals surface area (Å²) in [6.45, 7) is 6.81. The van der Waals surface area contributed by atoms with Crippen molar-refractivity contribution in [1.29, 1.82) is 0 Å². The zero-order valence-electron chi connectivity index (χ0n) is 15.9. The molecule has 0 bridgehead atoms. The molecule has 0 atom stereocenters. The summed E-state index contributed by atoms with van der Waals surface area (Å²) in [5, 5.41) is 8.94. The second kappa shape index (κ2) is 10.2. The quantitative estimate of drug-likeness (QED) is 0.251. The molecule has 0 amide bonds. The van der Waals surface area contributed by atoms with Crippen LogP contribution in [0.1, 0.15) is 25.0 Å². The van der Waals surface area contributed by atoms with Gasteiger partial charge in [-0.2, -0.15) is 0 Å². The van der Waals surface area contributed by atoms with Gasteiger partial charge in [0.25, 0.3) is 0 Å². The van der Waals surface area contributed by atoms with Crippen LogP contribution in [-0.2, 0) is 24.9 Å². The Hall–Kier alpha value is -2.43. The number of halogens is 2. The number of aliphatic hydroxyl groups is 1. The number of benzene rings is 2. The Morgan fingerprint density at radius 1 is 1.07 bits per heavy atom. The minimum Gasteiger partial charge on any atom is -0.512 e. The number of nitrogens with zero attached hydrogens (tertiary/aromatic N) is 1. The second-order valence-electron chi connectivity index (χ2n) is 6.31. The van der Waals surface area contributed by atoms with Gasteiger partial charge in [-0.1, -0.05) is 26.0 Å². The fourth-order valence-electron chi connectivity index (χ4n) is 2.60. The Morgan fingerprint density at radius 3 is 2.25 bits per heavy atom. The van der Waals surface area contributed by atoms with E-state index in [9.17, 15) is 13.6 Å². The van der Waals surface area contributed by atoms with Crippen molar-refractivity contribution >= 4 is 16.7 Å². The molecule has 3 aromatic rings. The average molecular weight is 561 g/mol. The second-order valence-corrected chi connectivity index (χ2v) is 6.31. The van der Waals surface area contributed by atoms with Gasteiger partial charge in [-0.05, 0) is 25.6 Å². The molecule has 3 rings (SSSR count). The van der Waals surface area contributed by atoms with Gasteiger partial charge in [0, 0.05) is 37.6 Å². The summed E-state index contributed by atoms with van der Waals surface area (Å²) in [5.74, 6) is -1.80. The maximum absolute atomic E-state index is 13.3. The van der Waals surface area contributed by atoms with Crippen LogP contribution in [0.3, 0.4) is 0 Å². The van der Waals surface area contributed by atoms with Crippen molar-refractivity contribution in [3.05, 3.63) is 77.1 Å². The smallest absolute Gasteiger partial charge is 0.160 e. The fraction of sp³-hybridized carbons (Fsp3) is 0.182. The molecule has 0 unspecified atom stereocenters. The van der Waals surface area contributed by atoms with Crippen molar-refractivity contribution in [3.63, 3.8) is 0 Å². The number of carbonyl (C=O) groups excluding carboxylic acids is 1. The third-order valence-corrected chi connectivity index (χ3v) is 3.57. The predicted molar refractivity (Wildman–Crippen MR) is 102 cm³/mol. The molecule has 3 nitrogen and oxygen atoms in total. The number of aryl methyl sites for hydroxylation is 2. The first-order valence-corrected chi connectivity index (χ1v) is 8.30. The van der Waals surface area contributed by atoms with E-state index in [1.165, 1.54) is 19.9 Å². The Labute approximate surface area is 176 Å². The number of allylic oxidation sites excluding steroid dienone is 2. The maximum Gasteiger partial charge on any atom is 0.160 e. The van der Waals surface area contributed by atoms with Crippen LogP contribution in [0.4, 0.5) is 8.78 Å². The summed E-state index contributed by atoms with van der Waals surface area (Å²) in [7, 11) is 0. The number of hydrogen-bond acceptors (Lipinski definition) is 3. The first-order valence-electron chi connectivity index (χ1n) is 8.30. The van der Waals surface area contributed by atoms with Crippen molar-refractivity contribution in [2.45, 2.75) is 27.7 Å². The summed E-state index contributed by atoms with van der Waals surface area (Å²) in [6.07, 6.45) is 1.17. The summed E-state index contributed by atoms with van der Waals surface area (Å²) in [6, 6.07) is 13.0. The molecule has 0 fully saturated rings. The van der Waals surface area contributed by atoms with Gasteiger partial charge in [-0.25, -0.2) is 8.78 Å². The molecule has 2 aromatic carbocycles. The van der Waals surface area contributed by atoms with Gasteiger partial charge in [0.1, 0.15) is 0 Å². The number of aromatic nitrogens is 1. The predicted octanol–water partition coefficient (Wildman–Crippen LogP) is 5.63. The number of ketones is 1. The van der Waals surface area contributed by atoms with Gasteiger partial charge in [0.2, 0.25) is 0 Å².